The second-order valence-corrected chi connectivity index (χ2v) is 7.09. The number of aliphatic carboxylic acids is 1. The second-order valence-electron chi connectivity index (χ2n) is 7.09. The Balaban J connectivity index is 1.96. The highest BCUT2D eigenvalue weighted by atomic mass is 16.4. The van der Waals surface area contributed by atoms with Gasteiger partial charge in [0.15, 0.2) is 0 Å². The molecule has 1 aliphatic heterocycles. The second kappa shape index (κ2) is 6.61. The van der Waals surface area contributed by atoms with Gasteiger partial charge in [0.1, 0.15) is 0 Å². The molecule has 0 aromatic heterocycles. The minimum Gasteiger partial charge on any atom is -0.481 e. The first-order valence-electron chi connectivity index (χ1n) is 7.92. The molecule has 116 valence electrons. The Kier molecular flexibility index (Phi) is 5.04. The number of benzene rings is 1. The molecule has 1 N–H and O–H groups in total. The van der Waals surface area contributed by atoms with Crippen LogP contribution < -0.4 is 0 Å². The smallest absolute Gasteiger partial charge is 0.310 e. The molecule has 0 saturated carbocycles. The van der Waals surface area contributed by atoms with E-state index in [1.165, 1.54) is 11.1 Å². The van der Waals surface area contributed by atoms with E-state index in [1.807, 2.05) is 6.92 Å². The van der Waals surface area contributed by atoms with Crippen LogP contribution in [-0.4, -0.2) is 29.1 Å². The van der Waals surface area contributed by atoms with Crippen LogP contribution in [0.5, 0.6) is 0 Å². The SMILES string of the molecule is CC(C)Cc1ccc(CN2CCCC(C)(C(=O)O)C2)cc1. The average molecular weight is 289 g/mol. The molecule has 3 nitrogen and oxygen atoms in total. The largest absolute Gasteiger partial charge is 0.481 e. The van der Waals surface area contributed by atoms with E-state index in [1.54, 1.807) is 0 Å². The van der Waals surface area contributed by atoms with Gasteiger partial charge in [-0.3, -0.25) is 9.69 Å². The predicted octanol–water partition coefficient (Wildman–Crippen LogP) is 3.57. The van der Waals surface area contributed by atoms with Crippen molar-refractivity contribution >= 4 is 5.97 Å². The summed E-state index contributed by atoms with van der Waals surface area (Å²) in [6, 6.07) is 8.78. The Morgan fingerprint density at radius 3 is 2.48 bits per heavy atom. The maximum absolute atomic E-state index is 11.4. The van der Waals surface area contributed by atoms with Gasteiger partial charge in [0, 0.05) is 13.1 Å². The molecule has 1 saturated heterocycles. The zero-order valence-corrected chi connectivity index (χ0v) is 13.4. The first kappa shape index (κ1) is 16.0. The number of hydrogen-bond donors (Lipinski definition) is 1. The van der Waals surface area contributed by atoms with Gasteiger partial charge in [-0.05, 0) is 49.8 Å². The lowest BCUT2D eigenvalue weighted by Gasteiger charge is -2.37. The highest BCUT2D eigenvalue weighted by Gasteiger charge is 2.37. The van der Waals surface area contributed by atoms with Crippen molar-refractivity contribution in [3.05, 3.63) is 35.4 Å². The number of hydrogen-bond acceptors (Lipinski definition) is 2. The lowest BCUT2D eigenvalue weighted by molar-refractivity contribution is -0.151. The molecule has 1 heterocycles. The molecule has 0 bridgehead atoms. The number of nitrogens with zero attached hydrogens (tertiary/aromatic N) is 1. The first-order chi connectivity index (χ1) is 9.89. The summed E-state index contributed by atoms with van der Waals surface area (Å²) in [5, 5.41) is 9.37. The maximum Gasteiger partial charge on any atom is 0.310 e. The number of piperidine rings is 1. The quantitative estimate of drug-likeness (QED) is 0.901. The van der Waals surface area contributed by atoms with Crippen LogP contribution in [0.25, 0.3) is 0 Å². The van der Waals surface area contributed by atoms with Gasteiger partial charge in [-0.25, -0.2) is 0 Å². The van der Waals surface area contributed by atoms with Crippen molar-refractivity contribution in [1.82, 2.24) is 4.90 Å². The van der Waals surface area contributed by atoms with E-state index >= 15 is 0 Å². The molecule has 0 amide bonds. The molecular weight excluding hydrogens is 262 g/mol. The topological polar surface area (TPSA) is 40.5 Å². The van der Waals surface area contributed by atoms with Crippen LogP contribution in [0.2, 0.25) is 0 Å². The van der Waals surface area contributed by atoms with Gasteiger partial charge in [0.05, 0.1) is 5.41 Å². The fraction of sp³-hybridized carbons (Fsp3) is 0.611. The Morgan fingerprint density at radius 1 is 1.29 bits per heavy atom. The van der Waals surface area contributed by atoms with Crippen LogP contribution in [-0.2, 0) is 17.8 Å². The minimum absolute atomic E-state index is 0.587. The van der Waals surface area contributed by atoms with Crippen LogP contribution in [0.1, 0.15) is 44.7 Å². The zero-order chi connectivity index (χ0) is 15.5. The summed E-state index contributed by atoms with van der Waals surface area (Å²) in [5.41, 5.74) is 2.07. The molecule has 0 radical (unpaired) electrons. The summed E-state index contributed by atoms with van der Waals surface area (Å²) in [7, 11) is 0. The van der Waals surface area contributed by atoms with Crippen LogP contribution in [0.15, 0.2) is 24.3 Å². The van der Waals surface area contributed by atoms with Gasteiger partial charge in [-0.2, -0.15) is 0 Å². The summed E-state index contributed by atoms with van der Waals surface area (Å²) in [4.78, 5) is 13.7. The summed E-state index contributed by atoms with van der Waals surface area (Å²) in [6.45, 7) is 8.83. The van der Waals surface area contributed by atoms with Crippen molar-refractivity contribution in [2.24, 2.45) is 11.3 Å². The monoisotopic (exact) mass is 289 g/mol. The average Bonchev–Trinajstić information content (AvgIpc) is 2.40. The van der Waals surface area contributed by atoms with E-state index in [0.29, 0.717) is 12.5 Å². The van der Waals surface area contributed by atoms with E-state index < -0.39 is 11.4 Å². The molecule has 0 aliphatic carbocycles. The van der Waals surface area contributed by atoms with E-state index in [4.69, 9.17) is 0 Å². The van der Waals surface area contributed by atoms with E-state index in [9.17, 15) is 9.90 Å². The number of carbonyl (C=O) groups is 1. The molecule has 21 heavy (non-hydrogen) atoms. The van der Waals surface area contributed by atoms with E-state index in [-0.39, 0.29) is 0 Å². The lowest BCUT2D eigenvalue weighted by Crippen LogP contribution is -2.45. The summed E-state index contributed by atoms with van der Waals surface area (Å²) >= 11 is 0. The third-order valence-electron chi connectivity index (χ3n) is 4.36. The van der Waals surface area contributed by atoms with Crippen LogP contribution >= 0.6 is 0 Å². The van der Waals surface area contributed by atoms with Gasteiger partial charge in [0.2, 0.25) is 0 Å². The summed E-state index contributed by atoms with van der Waals surface area (Å²) in [5.74, 6) is 0.00806. The van der Waals surface area contributed by atoms with Crippen molar-refractivity contribution in [3.63, 3.8) is 0 Å². The van der Waals surface area contributed by atoms with Gasteiger partial charge in [-0.1, -0.05) is 38.1 Å². The normalized spacial score (nSPS) is 23.4. The molecule has 2 rings (SSSR count). The number of rotatable bonds is 5. The summed E-state index contributed by atoms with van der Waals surface area (Å²) < 4.78 is 0. The predicted molar refractivity (Wildman–Crippen MR) is 85.2 cm³/mol. The van der Waals surface area contributed by atoms with Crippen LogP contribution in [0, 0.1) is 11.3 Å². The van der Waals surface area contributed by atoms with Crippen LogP contribution in [0.4, 0.5) is 0 Å². The fourth-order valence-corrected chi connectivity index (χ4v) is 3.16. The van der Waals surface area contributed by atoms with E-state index in [2.05, 4.69) is 43.0 Å². The number of carboxylic acids is 1. The Hall–Kier alpha value is -1.35. The van der Waals surface area contributed by atoms with Crippen molar-refractivity contribution in [3.8, 4) is 0 Å². The van der Waals surface area contributed by atoms with Crippen LogP contribution in [0.3, 0.4) is 0 Å². The lowest BCUT2D eigenvalue weighted by atomic mass is 9.82. The van der Waals surface area contributed by atoms with E-state index in [0.717, 1.165) is 32.4 Å². The standard InChI is InChI=1S/C18H27NO2/c1-14(2)11-15-5-7-16(8-6-15)12-19-10-4-9-18(3,13-19)17(20)21/h5-8,14H,4,9-13H2,1-3H3,(H,20,21). The van der Waals surface area contributed by atoms with Crippen molar-refractivity contribution in [2.75, 3.05) is 13.1 Å². The Labute approximate surface area is 128 Å². The summed E-state index contributed by atoms with van der Waals surface area (Å²) in [6.07, 6.45) is 2.86. The molecule has 1 atom stereocenters. The fourth-order valence-electron chi connectivity index (χ4n) is 3.16. The molecule has 1 fully saturated rings. The maximum atomic E-state index is 11.4. The third kappa shape index (κ3) is 4.31. The third-order valence-corrected chi connectivity index (χ3v) is 4.36. The van der Waals surface area contributed by atoms with Crippen molar-refractivity contribution in [1.29, 1.82) is 0 Å². The molecule has 1 aromatic rings. The van der Waals surface area contributed by atoms with Gasteiger partial charge < -0.3 is 5.11 Å². The molecular formula is C18H27NO2. The van der Waals surface area contributed by atoms with Gasteiger partial charge in [-0.15, -0.1) is 0 Å². The molecule has 1 aromatic carbocycles. The highest BCUT2D eigenvalue weighted by molar-refractivity contribution is 5.74. The van der Waals surface area contributed by atoms with Crippen molar-refractivity contribution < 1.29 is 9.90 Å². The molecule has 3 heteroatoms. The minimum atomic E-state index is -0.667. The Bertz CT molecular complexity index is 480. The molecule has 1 aliphatic rings. The molecule has 1 unspecified atom stereocenters. The van der Waals surface area contributed by atoms with Gasteiger partial charge in [0.25, 0.3) is 0 Å². The first-order valence-corrected chi connectivity index (χ1v) is 7.92. The van der Waals surface area contributed by atoms with Crippen molar-refractivity contribution in [2.45, 2.75) is 46.6 Å². The number of likely N-dealkylation sites (tertiary alicyclic amines) is 1. The number of carboxylic acid groups (broad SMARTS) is 1. The zero-order valence-electron chi connectivity index (χ0n) is 13.4. The Morgan fingerprint density at radius 2 is 1.90 bits per heavy atom. The highest BCUT2D eigenvalue weighted by Crippen LogP contribution is 2.30. The molecule has 0 spiro atoms. The van der Waals surface area contributed by atoms with Gasteiger partial charge >= 0.3 is 5.97 Å².